The summed E-state index contributed by atoms with van der Waals surface area (Å²) in [5.41, 5.74) is 5.63. The second-order valence-corrected chi connectivity index (χ2v) is 12.9. The predicted molar refractivity (Wildman–Crippen MR) is 171 cm³/mol. The SMILES string of the molecule is COc1ccc(C)cc1S(=O)(=O)N(CC(=O)N1CCN(C(c2ccccc2)c2ccccc2)CC1)c1ccc(C)c(C)c1. The van der Waals surface area contributed by atoms with Crippen LogP contribution in [-0.4, -0.2) is 64.0 Å². The summed E-state index contributed by atoms with van der Waals surface area (Å²) in [6.07, 6.45) is 0. The van der Waals surface area contributed by atoms with Gasteiger partial charge in [0.15, 0.2) is 0 Å². The van der Waals surface area contributed by atoms with Crippen molar-refractivity contribution in [3.05, 3.63) is 125 Å². The van der Waals surface area contributed by atoms with Gasteiger partial charge in [-0.2, -0.15) is 0 Å². The number of aryl methyl sites for hydroxylation is 3. The number of carbonyl (C=O) groups excluding carboxylic acids is 1. The van der Waals surface area contributed by atoms with Crippen LogP contribution in [0.2, 0.25) is 0 Å². The molecule has 0 N–H and O–H groups in total. The average molecular weight is 598 g/mol. The van der Waals surface area contributed by atoms with Crippen LogP contribution in [-0.2, 0) is 14.8 Å². The Kier molecular flexibility index (Phi) is 9.18. The van der Waals surface area contributed by atoms with Crippen LogP contribution in [0.3, 0.4) is 0 Å². The molecule has 0 spiro atoms. The molecule has 5 rings (SSSR count). The molecule has 0 unspecified atom stereocenters. The molecule has 1 saturated heterocycles. The highest BCUT2D eigenvalue weighted by Gasteiger charge is 2.34. The lowest BCUT2D eigenvalue weighted by molar-refractivity contribution is -0.131. The van der Waals surface area contributed by atoms with Crippen molar-refractivity contribution in [1.82, 2.24) is 9.80 Å². The molecule has 4 aromatic carbocycles. The van der Waals surface area contributed by atoms with E-state index in [0.29, 0.717) is 31.9 Å². The van der Waals surface area contributed by atoms with E-state index in [1.807, 2.05) is 45.0 Å². The summed E-state index contributed by atoms with van der Waals surface area (Å²) < 4.78 is 35.1. The molecule has 0 aliphatic carbocycles. The number of sulfonamides is 1. The lowest BCUT2D eigenvalue weighted by atomic mass is 9.96. The Morgan fingerprint density at radius 1 is 0.791 bits per heavy atom. The van der Waals surface area contributed by atoms with Crippen molar-refractivity contribution in [2.24, 2.45) is 0 Å². The van der Waals surface area contributed by atoms with Gasteiger partial charge in [0, 0.05) is 26.2 Å². The molecule has 224 valence electrons. The van der Waals surface area contributed by atoms with Crippen molar-refractivity contribution in [2.45, 2.75) is 31.7 Å². The molecule has 43 heavy (non-hydrogen) atoms. The van der Waals surface area contributed by atoms with Crippen LogP contribution in [0.4, 0.5) is 5.69 Å². The molecule has 1 amide bonds. The van der Waals surface area contributed by atoms with Gasteiger partial charge in [-0.25, -0.2) is 8.42 Å². The Balaban J connectivity index is 1.40. The second-order valence-electron chi connectivity index (χ2n) is 11.1. The number of benzene rings is 4. The highest BCUT2D eigenvalue weighted by Crippen LogP contribution is 2.33. The predicted octanol–water partition coefficient (Wildman–Crippen LogP) is 5.75. The minimum atomic E-state index is -4.13. The quantitative estimate of drug-likeness (QED) is 0.246. The van der Waals surface area contributed by atoms with Crippen LogP contribution in [0.5, 0.6) is 5.75 Å². The van der Waals surface area contributed by atoms with Gasteiger partial charge in [-0.15, -0.1) is 0 Å². The van der Waals surface area contributed by atoms with Crippen LogP contribution in [0.25, 0.3) is 0 Å². The molecule has 0 saturated carbocycles. The van der Waals surface area contributed by atoms with Crippen LogP contribution < -0.4 is 9.04 Å². The van der Waals surface area contributed by atoms with Crippen molar-refractivity contribution in [2.75, 3.05) is 44.1 Å². The lowest BCUT2D eigenvalue weighted by Gasteiger charge is -2.40. The van der Waals surface area contributed by atoms with E-state index in [2.05, 4.69) is 53.4 Å². The molecule has 1 aliphatic rings. The van der Waals surface area contributed by atoms with Gasteiger partial charge in [0.25, 0.3) is 10.0 Å². The molecule has 7 nitrogen and oxygen atoms in total. The first kappa shape index (κ1) is 30.3. The Hall–Kier alpha value is -4.14. The topological polar surface area (TPSA) is 70.2 Å². The van der Waals surface area contributed by atoms with Crippen LogP contribution >= 0.6 is 0 Å². The van der Waals surface area contributed by atoms with Crippen molar-refractivity contribution in [3.63, 3.8) is 0 Å². The van der Waals surface area contributed by atoms with Gasteiger partial charge in [0.05, 0.1) is 18.8 Å². The number of methoxy groups -OCH3 is 1. The molecular weight excluding hydrogens is 558 g/mol. The summed E-state index contributed by atoms with van der Waals surface area (Å²) in [6.45, 7) is 7.79. The highest BCUT2D eigenvalue weighted by molar-refractivity contribution is 7.93. The van der Waals surface area contributed by atoms with E-state index < -0.39 is 10.0 Å². The van der Waals surface area contributed by atoms with Crippen LogP contribution in [0.15, 0.2) is 102 Å². The number of carbonyl (C=O) groups is 1. The fourth-order valence-electron chi connectivity index (χ4n) is 5.64. The molecule has 4 aromatic rings. The molecule has 0 radical (unpaired) electrons. The third-order valence-corrected chi connectivity index (χ3v) is 10.0. The van der Waals surface area contributed by atoms with Crippen molar-refractivity contribution < 1.29 is 17.9 Å². The first-order chi connectivity index (χ1) is 20.7. The van der Waals surface area contributed by atoms with Crippen molar-refractivity contribution >= 4 is 21.6 Å². The van der Waals surface area contributed by atoms with Gasteiger partial charge in [-0.3, -0.25) is 14.0 Å². The Bertz CT molecular complexity index is 1630. The molecule has 1 fully saturated rings. The van der Waals surface area contributed by atoms with Gasteiger partial charge in [-0.1, -0.05) is 72.8 Å². The van der Waals surface area contributed by atoms with Gasteiger partial charge < -0.3 is 9.64 Å². The van der Waals surface area contributed by atoms with E-state index in [1.165, 1.54) is 22.5 Å². The first-order valence-electron chi connectivity index (χ1n) is 14.6. The summed E-state index contributed by atoms with van der Waals surface area (Å²) in [5, 5.41) is 0. The van der Waals surface area contributed by atoms with E-state index in [0.717, 1.165) is 16.7 Å². The Morgan fingerprint density at radius 3 is 1.95 bits per heavy atom. The molecular formula is C35H39N3O4S. The summed E-state index contributed by atoms with van der Waals surface area (Å²) >= 11 is 0. The summed E-state index contributed by atoms with van der Waals surface area (Å²) in [6, 6.07) is 31.4. The van der Waals surface area contributed by atoms with Crippen molar-refractivity contribution in [1.29, 1.82) is 0 Å². The van der Waals surface area contributed by atoms with E-state index in [1.54, 1.807) is 29.2 Å². The zero-order chi connectivity index (χ0) is 30.6. The molecule has 0 bridgehead atoms. The number of hydrogen-bond donors (Lipinski definition) is 0. The van der Waals surface area contributed by atoms with E-state index >= 15 is 0 Å². The number of rotatable bonds is 9. The van der Waals surface area contributed by atoms with Crippen LogP contribution in [0, 0.1) is 20.8 Å². The summed E-state index contributed by atoms with van der Waals surface area (Å²) in [5.74, 6) is 0.0115. The molecule has 1 aliphatic heterocycles. The standard InChI is InChI=1S/C35H39N3O4S/c1-26-15-18-32(42-4)33(23-26)43(40,41)38(31-17-16-27(2)28(3)24-31)25-34(39)36-19-21-37(22-20-36)35(29-11-7-5-8-12-29)30-13-9-6-10-14-30/h5-18,23-24,35H,19-22,25H2,1-4H3. The third kappa shape index (κ3) is 6.60. The number of ether oxygens (including phenoxy) is 1. The lowest BCUT2D eigenvalue weighted by Crippen LogP contribution is -2.52. The third-order valence-electron chi connectivity index (χ3n) is 8.21. The summed E-state index contributed by atoms with van der Waals surface area (Å²) in [4.78, 5) is 18.0. The molecule has 1 heterocycles. The Labute approximate surface area is 255 Å². The first-order valence-corrected chi connectivity index (χ1v) is 16.0. The number of hydrogen-bond acceptors (Lipinski definition) is 5. The normalized spacial score (nSPS) is 14.1. The minimum absolute atomic E-state index is 0.0411. The molecule has 8 heteroatoms. The minimum Gasteiger partial charge on any atom is -0.495 e. The fourth-order valence-corrected chi connectivity index (χ4v) is 7.29. The molecule has 0 aromatic heterocycles. The van der Waals surface area contributed by atoms with Crippen molar-refractivity contribution in [3.8, 4) is 5.75 Å². The number of amides is 1. The smallest absolute Gasteiger partial charge is 0.268 e. The van der Waals surface area contributed by atoms with Gasteiger partial charge in [-0.05, 0) is 72.9 Å². The fraction of sp³-hybridized carbons (Fsp3) is 0.286. The largest absolute Gasteiger partial charge is 0.495 e. The van der Waals surface area contributed by atoms with Crippen LogP contribution in [0.1, 0.15) is 33.9 Å². The highest BCUT2D eigenvalue weighted by atomic mass is 32.2. The van der Waals surface area contributed by atoms with Gasteiger partial charge in [0.1, 0.15) is 17.2 Å². The molecule has 0 atom stereocenters. The monoisotopic (exact) mass is 597 g/mol. The van der Waals surface area contributed by atoms with E-state index in [4.69, 9.17) is 4.74 Å². The maximum Gasteiger partial charge on any atom is 0.268 e. The zero-order valence-electron chi connectivity index (χ0n) is 25.2. The van der Waals surface area contributed by atoms with Gasteiger partial charge in [0.2, 0.25) is 5.91 Å². The zero-order valence-corrected chi connectivity index (χ0v) is 26.0. The second kappa shape index (κ2) is 13.0. The van der Waals surface area contributed by atoms with Gasteiger partial charge >= 0.3 is 0 Å². The number of nitrogens with zero attached hydrogens (tertiary/aromatic N) is 3. The number of anilines is 1. The average Bonchev–Trinajstić information content (AvgIpc) is 3.02. The maximum atomic E-state index is 14.2. The maximum absolute atomic E-state index is 14.2. The Morgan fingerprint density at radius 2 is 1.40 bits per heavy atom. The number of piperazine rings is 1. The summed E-state index contributed by atoms with van der Waals surface area (Å²) in [7, 11) is -2.68. The van der Waals surface area contributed by atoms with E-state index in [9.17, 15) is 13.2 Å². The van der Waals surface area contributed by atoms with E-state index in [-0.39, 0.29) is 29.1 Å².